The molecule has 0 aliphatic carbocycles. The molecule has 17 heavy (non-hydrogen) atoms. The molecule has 0 radical (unpaired) electrons. The summed E-state index contributed by atoms with van der Waals surface area (Å²) < 4.78 is 25.5. The Kier molecular flexibility index (Phi) is 3.13. The second-order valence-corrected chi connectivity index (χ2v) is 5.99. The molecule has 1 heterocycles. The second-order valence-electron chi connectivity index (χ2n) is 4.05. The first-order valence-corrected chi connectivity index (χ1v) is 6.68. The molecule has 1 aliphatic rings. The summed E-state index contributed by atoms with van der Waals surface area (Å²) in [5.74, 6) is 0. The lowest BCUT2D eigenvalue weighted by Gasteiger charge is -2.32. The minimum absolute atomic E-state index is 0.299. The number of sulfonamides is 1. The Bertz CT molecular complexity index is 550. The monoisotopic (exact) mass is 251 g/mol. The molecule has 0 amide bonds. The zero-order valence-electron chi connectivity index (χ0n) is 9.46. The van der Waals surface area contributed by atoms with Gasteiger partial charge in [0.2, 0.25) is 10.0 Å². The molecule has 90 valence electrons. The number of carbonyl (C=O) groups is 1. The third-order valence-corrected chi connectivity index (χ3v) is 4.53. The molecule has 0 aromatic heterocycles. The molecular weight excluding hydrogens is 238 g/mol. The van der Waals surface area contributed by atoms with Crippen molar-refractivity contribution in [3.05, 3.63) is 41.5 Å². The number of hydrogen-bond acceptors (Lipinski definition) is 3. The van der Waals surface area contributed by atoms with Crippen molar-refractivity contribution in [2.75, 3.05) is 13.1 Å². The van der Waals surface area contributed by atoms with E-state index in [-0.39, 0.29) is 0 Å². The quantitative estimate of drug-likeness (QED) is 0.597. The van der Waals surface area contributed by atoms with Crippen LogP contribution in [0.3, 0.4) is 0 Å². The maximum absolute atomic E-state index is 12.1. The fourth-order valence-electron chi connectivity index (χ4n) is 1.64. The summed E-state index contributed by atoms with van der Waals surface area (Å²) >= 11 is 0. The SMILES string of the molecule is Cc1ccc(S(=O)(=O)N2CC(=CC=O)C2)cc1. The smallest absolute Gasteiger partial charge is 0.243 e. The molecule has 1 aromatic carbocycles. The first kappa shape index (κ1) is 12.0. The molecule has 2 rings (SSSR count). The molecule has 4 nitrogen and oxygen atoms in total. The van der Waals surface area contributed by atoms with Crippen molar-refractivity contribution >= 4 is 16.3 Å². The van der Waals surface area contributed by atoms with E-state index < -0.39 is 10.0 Å². The second kappa shape index (κ2) is 4.43. The van der Waals surface area contributed by atoms with Crippen molar-refractivity contribution < 1.29 is 13.2 Å². The van der Waals surface area contributed by atoms with Gasteiger partial charge >= 0.3 is 0 Å². The van der Waals surface area contributed by atoms with Crippen LogP contribution in [0.4, 0.5) is 0 Å². The van der Waals surface area contributed by atoms with Gasteiger partial charge in [-0.15, -0.1) is 0 Å². The van der Waals surface area contributed by atoms with E-state index >= 15 is 0 Å². The van der Waals surface area contributed by atoms with Gasteiger partial charge in [-0.3, -0.25) is 4.79 Å². The van der Waals surface area contributed by atoms with Crippen LogP contribution in [-0.2, 0) is 14.8 Å². The largest absolute Gasteiger partial charge is 0.299 e. The van der Waals surface area contributed by atoms with Crippen molar-refractivity contribution in [3.8, 4) is 0 Å². The molecule has 0 spiro atoms. The van der Waals surface area contributed by atoms with Crippen molar-refractivity contribution in [3.63, 3.8) is 0 Å². The van der Waals surface area contributed by atoms with Gasteiger partial charge in [-0.25, -0.2) is 8.42 Å². The normalized spacial score (nSPS) is 16.4. The average molecular weight is 251 g/mol. The molecule has 1 fully saturated rings. The van der Waals surface area contributed by atoms with Crippen molar-refractivity contribution in [1.29, 1.82) is 0 Å². The summed E-state index contributed by atoms with van der Waals surface area (Å²) in [5, 5.41) is 0. The Morgan fingerprint density at radius 3 is 2.29 bits per heavy atom. The van der Waals surface area contributed by atoms with Crippen molar-refractivity contribution in [2.45, 2.75) is 11.8 Å². The predicted molar refractivity (Wildman–Crippen MR) is 64.1 cm³/mol. The highest BCUT2D eigenvalue weighted by Crippen LogP contribution is 2.24. The minimum Gasteiger partial charge on any atom is -0.299 e. The molecule has 0 bridgehead atoms. The maximum Gasteiger partial charge on any atom is 0.243 e. The molecule has 0 N–H and O–H groups in total. The molecule has 0 saturated carbocycles. The predicted octanol–water partition coefficient (Wildman–Crippen LogP) is 1.12. The number of rotatable bonds is 3. The van der Waals surface area contributed by atoms with E-state index in [1.54, 1.807) is 24.3 Å². The lowest BCUT2D eigenvalue weighted by atomic mass is 10.1. The van der Waals surface area contributed by atoms with Crippen molar-refractivity contribution in [2.24, 2.45) is 0 Å². The highest BCUT2D eigenvalue weighted by atomic mass is 32.2. The van der Waals surface area contributed by atoms with E-state index in [0.717, 1.165) is 11.1 Å². The first-order chi connectivity index (χ1) is 8.04. The molecule has 1 aliphatic heterocycles. The molecule has 5 heteroatoms. The fourth-order valence-corrected chi connectivity index (χ4v) is 3.09. The summed E-state index contributed by atoms with van der Waals surface area (Å²) in [5.41, 5.74) is 1.87. The first-order valence-electron chi connectivity index (χ1n) is 5.24. The number of hydrogen-bond donors (Lipinski definition) is 0. The summed E-state index contributed by atoms with van der Waals surface area (Å²) in [7, 11) is -3.39. The Morgan fingerprint density at radius 1 is 1.18 bits per heavy atom. The van der Waals surface area contributed by atoms with E-state index in [9.17, 15) is 13.2 Å². The Balaban J connectivity index is 2.19. The lowest BCUT2D eigenvalue weighted by Crippen LogP contribution is -2.44. The summed E-state index contributed by atoms with van der Waals surface area (Å²) in [4.78, 5) is 10.5. The van der Waals surface area contributed by atoms with Crippen LogP contribution in [0, 0.1) is 6.92 Å². The maximum atomic E-state index is 12.1. The molecule has 0 unspecified atom stereocenters. The molecular formula is C12H13NO3S. The average Bonchev–Trinajstić information content (AvgIpc) is 2.23. The Morgan fingerprint density at radius 2 is 1.76 bits per heavy atom. The van der Waals surface area contributed by atoms with E-state index in [0.29, 0.717) is 24.3 Å². The third-order valence-electron chi connectivity index (χ3n) is 2.72. The fraction of sp³-hybridized carbons (Fsp3) is 0.250. The van der Waals surface area contributed by atoms with Crippen LogP contribution in [0.25, 0.3) is 0 Å². The van der Waals surface area contributed by atoms with Crippen LogP contribution in [0.1, 0.15) is 5.56 Å². The summed E-state index contributed by atoms with van der Waals surface area (Å²) in [6.07, 6.45) is 2.10. The van der Waals surface area contributed by atoms with Gasteiger partial charge in [-0.1, -0.05) is 17.7 Å². The molecule has 1 aromatic rings. The van der Waals surface area contributed by atoms with Crippen LogP contribution in [-0.4, -0.2) is 32.1 Å². The number of aldehydes is 1. The highest BCUT2D eigenvalue weighted by Gasteiger charge is 2.32. The highest BCUT2D eigenvalue weighted by molar-refractivity contribution is 7.89. The van der Waals surface area contributed by atoms with Crippen LogP contribution < -0.4 is 0 Å². The Labute approximate surface area is 101 Å². The molecule has 1 saturated heterocycles. The zero-order valence-corrected chi connectivity index (χ0v) is 10.3. The van der Waals surface area contributed by atoms with E-state index in [1.807, 2.05) is 6.92 Å². The van der Waals surface area contributed by atoms with Crippen molar-refractivity contribution in [1.82, 2.24) is 4.31 Å². The topological polar surface area (TPSA) is 54.5 Å². The number of nitrogens with zero attached hydrogens (tertiary/aromatic N) is 1. The van der Waals surface area contributed by atoms with Crippen LogP contribution >= 0.6 is 0 Å². The van der Waals surface area contributed by atoms with Gasteiger partial charge < -0.3 is 0 Å². The van der Waals surface area contributed by atoms with Crippen LogP contribution in [0.5, 0.6) is 0 Å². The summed E-state index contributed by atoms with van der Waals surface area (Å²) in [6.45, 7) is 2.54. The van der Waals surface area contributed by atoms with E-state index in [4.69, 9.17) is 0 Å². The van der Waals surface area contributed by atoms with Gasteiger partial charge in [0.15, 0.2) is 0 Å². The number of benzene rings is 1. The van der Waals surface area contributed by atoms with Gasteiger partial charge in [-0.2, -0.15) is 4.31 Å². The van der Waals surface area contributed by atoms with Gasteiger partial charge in [0, 0.05) is 13.1 Å². The van der Waals surface area contributed by atoms with E-state index in [1.165, 1.54) is 10.4 Å². The number of carbonyl (C=O) groups excluding carboxylic acids is 1. The van der Waals surface area contributed by atoms with Gasteiger partial charge in [0.1, 0.15) is 6.29 Å². The third kappa shape index (κ3) is 2.30. The number of aryl methyl sites for hydroxylation is 1. The standard InChI is InChI=1S/C12H13NO3S/c1-10-2-4-12(5-3-10)17(15,16)13-8-11(9-13)6-7-14/h2-7H,8-9H2,1H3. The van der Waals surface area contributed by atoms with Gasteiger partial charge in [0.05, 0.1) is 4.90 Å². The minimum atomic E-state index is -3.39. The van der Waals surface area contributed by atoms with Gasteiger partial charge in [0.25, 0.3) is 0 Å². The lowest BCUT2D eigenvalue weighted by molar-refractivity contribution is -0.104. The van der Waals surface area contributed by atoms with Crippen LogP contribution in [0.2, 0.25) is 0 Å². The van der Waals surface area contributed by atoms with Crippen LogP contribution in [0.15, 0.2) is 40.8 Å². The molecule has 0 atom stereocenters. The summed E-state index contributed by atoms with van der Waals surface area (Å²) in [6, 6.07) is 6.75. The zero-order chi connectivity index (χ0) is 12.5. The Hall–Kier alpha value is -1.46. The van der Waals surface area contributed by atoms with E-state index in [2.05, 4.69) is 0 Å². The van der Waals surface area contributed by atoms with Gasteiger partial charge in [-0.05, 0) is 30.7 Å². The number of allylic oxidation sites excluding steroid dienone is 1.